The molecule has 3 rings (SSSR count). The maximum absolute atomic E-state index is 12.1. The maximum atomic E-state index is 12.1. The number of sulfonamides is 1. The van der Waals surface area contributed by atoms with E-state index in [0.29, 0.717) is 5.69 Å². The molecule has 5 nitrogen and oxygen atoms in total. The van der Waals surface area contributed by atoms with Gasteiger partial charge >= 0.3 is 0 Å². The van der Waals surface area contributed by atoms with Crippen LogP contribution in [-0.2, 0) is 10.0 Å². The predicted molar refractivity (Wildman–Crippen MR) is 92.7 cm³/mol. The monoisotopic (exact) mass is 325 g/mol. The molecule has 0 fully saturated rings. The molecule has 23 heavy (non-hydrogen) atoms. The molecular weight excluding hydrogens is 310 g/mol. The van der Waals surface area contributed by atoms with Crippen LogP contribution >= 0.6 is 0 Å². The number of nitrogens with zero attached hydrogens (tertiary/aromatic N) is 1. The van der Waals surface area contributed by atoms with Crippen LogP contribution in [0, 0.1) is 0 Å². The van der Waals surface area contributed by atoms with E-state index in [4.69, 9.17) is 5.73 Å². The van der Waals surface area contributed by atoms with Crippen LogP contribution in [0.15, 0.2) is 76.7 Å². The third-order valence-corrected chi connectivity index (χ3v) is 4.63. The Morgan fingerprint density at radius 2 is 1.61 bits per heavy atom. The normalized spacial score (nSPS) is 11.8. The van der Waals surface area contributed by atoms with Crippen molar-refractivity contribution in [1.29, 1.82) is 0 Å². The third kappa shape index (κ3) is 3.32. The molecule has 116 valence electrons. The van der Waals surface area contributed by atoms with Crippen LogP contribution < -0.4 is 10.6 Å². The molecule has 0 atom stereocenters. The molecule has 0 radical (unpaired) electrons. The van der Waals surface area contributed by atoms with E-state index in [2.05, 4.69) is 9.93 Å². The lowest BCUT2D eigenvalue weighted by atomic mass is 10.1. The Balaban J connectivity index is 1.84. The topological polar surface area (TPSA) is 84.5 Å². The van der Waals surface area contributed by atoms with Crippen LogP contribution in [0.2, 0.25) is 0 Å². The second-order valence-corrected chi connectivity index (χ2v) is 6.65. The molecule has 0 amide bonds. The van der Waals surface area contributed by atoms with Gasteiger partial charge in [0, 0.05) is 11.3 Å². The highest BCUT2D eigenvalue weighted by molar-refractivity contribution is 7.89. The molecule has 0 unspecified atom stereocenters. The summed E-state index contributed by atoms with van der Waals surface area (Å²) in [6.07, 6.45) is 1.50. The minimum atomic E-state index is -3.70. The van der Waals surface area contributed by atoms with Gasteiger partial charge in [-0.05, 0) is 35.0 Å². The first kappa shape index (κ1) is 15.1. The van der Waals surface area contributed by atoms with E-state index in [1.54, 1.807) is 0 Å². The van der Waals surface area contributed by atoms with Crippen molar-refractivity contribution in [2.24, 2.45) is 5.10 Å². The zero-order valence-corrected chi connectivity index (χ0v) is 13.0. The van der Waals surface area contributed by atoms with Crippen molar-refractivity contribution in [3.63, 3.8) is 0 Å². The van der Waals surface area contributed by atoms with Gasteiger partial charge in [0.05, 0.1) is 11.1 Å². The highest BCUT2D eigenvalue weighted by atomic mass is 32.2. The molecular formula is C17H15N3O2S. The Morgan fingerprint density at radius 3 is 2.39 bits per heavy atom. The van der Waals surface area contributed by atoms with Crippen LogP contribution in [0.25, 0.3) is 10.8 Å². The molecule has 3 aromatic rings. The van der Waals surface area contributed by atoms with E-state index >= 15 is 0 Å². The fraction of sp³-hybridized carbons (Fsp3) is 0. The zero-order valence-electron chi connectivity index (χ0n) is 12.2. The minimum Gasteiger partial charge on any atom is -0.399 e. The lowest BCUT2D eigenvalue weighted by Crippen LogP contribution is -2.18. The number of hydrazone groups is 1. The summed E-state index contributed by atoms with van der Waals surface area (Å²) in [7, 11) is -3.70. The van der Waals surface area contributed by atoms with Gasteiger partial charge in [-0.25, -0.2) is 4.83 Å². The molecule has 0 aromatic heterocycles. The average molecular weight is 325 g/mol. The Morgan fingerprint density at radius 1 is 0.913 bits per heavy atom. The molecule has 3 N–H and O–H groups in total. The Bertz CT molecular complexity index is 959. The van der Waals surface area contributed by atoms with Gasteiger partial charge in [0.1, 0.15) is 0 Å². The second-order valence-electron chi connectivity index (χ2n) is 4.99. The highest BCUT2D eigenvalue weighted by Gasteiger charge is 2.11. The van der Waals surface area contributed by atoms with Gasteiger partial charge in [-0.3, -0.25) is 0 Å². The summed E-state index contributed by atoms with van der Waals surface area (Å²) in [6.45, 7) is 0. The molecule has 0 aliphatic carbocycles. The first-order valence-electron chi connectivity index (χ1n) is 6.94. The van der Waals surface area contributed by atoms with Crippen LogP contribution in [0.4, 0.5) is 5.69 Å². The number of anilines is 1. The fourth-order valence-electron chi connectivity index (χ4n) is 2.23. The van der Waals surface area contributed by atoms with Crippen molar-refractivity contribution in [1.82, 2.24) is 4.83 Å². The van der Waals surface area contributed by atoms with Gasteiger partial charge in [-0.1, -0.05) is 42.5 Å². The first-order chi connectivity index (χ1) is 11.1. The van der Waals surface area contributed by atoms with Crippen LogP contribution in [-0.4, -0.2) is 14.6 Å². The predicted octanol–water partition coefficient (Wildman–Crippen LogP) is 2.73. The second kappa shape index (κ2) is 6.10. The van der Waals surface area contributed by atoms with Crippen LogP contribution in [0.1, 0.15) is 5.56 Å². The number of fused-ring (bicyclic) bond motifs is 1. The molecule has 0 aliphatic rings. The van der Waals surface area contributed by atoms with Gasteiger partial charge in [-0.15, -0.1) is 0 Å². The van der Waals surface area contributed by atoms with Crippen LogP contribution in [0.5, 0.6) is 0 Å². The van der Waals surface area contributed by atoms with E-state index in [0.717, 1.165) is 16.3 Å². The van der Waals surface area contributed by atoms with E-state index in [-0.39, 0.29) is 4.90 Å². The third-order valence-electron chi connectivity index (χ3n) is 3.39. The molecule has 0 saturated heterocycles. The minimum absolute atomic E-state index is 0.113. The van der Waals surface area contributed by atoms with Crippen molar-refractivity contribution in [2.75, 3.05) is 5.73 Å². The molecule has 0 heterocycles. The SMILES string of the molecule is Nc1ccc(S(=O)(=O)NN=Cc2cccc3ccccc23)cc1. The zero-order chi connectivity index (χ0) is 16.3. The van der Waals surface area contributed by atoms with E-state index in [9.17, 15) is 8.42 Å². The number of nitrogens with two attached hydrogens (primary N) is 1. The van der Waals surface area contributed by atoms with Gasteiger partial charge in [-0.2, -0.15) is 13.5 Å². The number of nitrogen functional groups attached to an aromatic ring is 1. The summed E-state index contributed by atoms with van der Waals surface area (Å²) >= 11 is 0. The average Bonchev–Trinajstić information content (AvgIpc) is 2.55. The number of rotatable bonds is 4. The Kier molecular flexibility index (Phi) is 3.99. The van der Waals surface area contributed by atoms with Gasteiger partial charge in [0.2, 0.25) is 0 Å². The number of hydrogen-bond donors (Lipinski definition) is 2. The van der Waals surface area contributed by atoms with Gasteiger partial charge in [0.25, 0.3) is 10.0 Å². The van der Waals surface area contributed by atoms with E-state index in [1.807, 2.05) is 42.5 Å². The van der Waals surface area contributed by atoms with Crippen molar-refractivity contribution in [3.8, 4) is 0 Å². The first-order valence-corrected chi connectivity index (χ1v) is 8.43. The molecule has 0 bridgehead atoms. The molecule has 0 aliphatic heterocycles. The van der Waals surface area contributed by atoms with Crippen molar-refractivity contribution in [3.05, 3.63) is 72.3 Å². The van der Waals surface area contributed by atoms with Gasteiger partial charge < -0.3 is 5.73 Å². The van der Waals surface area contributed by atoms with E-state index < -0.39 is 10.0 Å². The maximum Gasteiger partial charge on any atom is 0.276 e. The fourth-order valence-corrected chi connectivity index (χ4v) is 3.02. The Hall–Kier alpha value is -2.86. The summed E-state index contributed by atoms with van der Waals surface area (Å²) in [5.41, 5.74) is 6.89. The lowest BCUT2D eigenvalue weighted by molar-refractivity contribution is 0.584. The number of hydrogen-bond acceptors (Lipinski definition) is 4. The van der Waals surface area contributed by atoms with E-state index in [1.165, 1.54) is 30.5 Å². The highest BCUT2D eigenvalue weighted by Crippen LogP contribution is 2.17. The smallest absolute Gasteiger partial charge is 0.276 e. The van der Waals surface area contributed by atoms with Crippen LogP contribution in [0.3, 0.4) is 0 Å². The largest absolute Gasteiger partial charge is 0.399 e. The molecule has 0 spiro atoms. The van der Waals surface area contributed by atoms with Crippen molar-refractivity contribution in [2.45, 2.75) is 4.90 Å². The summed E-state index contributed by atoms with van der Waals surface area (Å²) < 4.78 is 24.3. The number of nitrogens with one attached hydrogen (secondary N) is 1. The number of benzene rings is 3. The van der Waals surface area contributed by atoms with Crippen molar-refractivity contribution >= 4 is 32.7 Å². The standard InChI is InChI=1S/C17H15N3O2S/c18-15-8-10-16(11-9-15)23(21,22)20-19-12-14-6-3-5-13-4-1-2-7-17(13)14/h1-12,20H,18H2. The van der Waals surface area contributed by atoms with Gasteiger partial charge in [0.15, 0.2) is 0 Å². The summed E-state index contributed by atoms with van der Waals surface area (Å²) in [4.78, 5) is 2.32. The lowest BCUT2D eigenvalue weighted by Gasteiger charge is -2.04. The molecule has 6 heteroatoms. The molecule has 3 aromatic carbocycles. The summed E-state index contributed by atoms with van der Waals surface area (Å²) in [6, 6.07) is 19.5. The molecule has 0 saturated carbocycles. The Labute approximate surface area is 134 Å². The van der Waals surface area contributed by atoms with Crippen molar-refractivity contribution < 1.29 is 8.42 Å². The summed E-state index contributed by atoms with van der Waals surface area (Å²) in [5, 5.41) is 5.94. The quantitative estimate of drug-likeness (QED) is 0.439. The summed E-state index contributed by atoms with van der Waals surface area (Å²) in [5.74, 6) is 0.